The van der Waals surface area contributed by atoms with Crippen molar-refractivity contribution in [1.29, 1.82) is 0 Å². The molecule has 0 saturated carbocycles. The van der Waals surface area contributed by atoms with Crippen LogP contribution in [-0.2, 0) is 6.61 Å². The van der Waals surface area contributed by atoms with Gasteiger partial charge in [-0.2, -0.15) is 5.10 Å². The number of carbonyl (C=O) groups is 1. The highest BCUT2D eigenvalue weighted by molar-refractivity contribution is 14.1. The van der Waals surface area contributed by atoms with E-state index in [0.717, 1.165) is 28.7 Å². The van der Waals surface area contributed by atoms with Crippen LogP contribution >= 0.6 is 68.1 Å². The standard InChI is InChI=1S/C23H14ClI2N3O4S/c24-16-3-1-13(2-4-16)12-33-22-18(25)7-14(8-19(22)26)11-27-28-23(30)21-10-15-9-17(29(31)32)5-6-20(15)34-21/h1-11H,12H2,(H,28,30)/b27-11-. The average molecular weight is 718 g/mol. The lowest BCUT2D eigenvalue weighted by Crippen LogP contribution is -2.16. The van der Waals surface area contributed by atoms with Gasteiger partial charge in [-0.3, -0.25) is 14.9 Å². The molecule has 172 valence electrons. The first kappa shape index (κ1) is 24.8. The second kappa shape index (κ2) is 11.0. The Morgan fingerprint density at radius 3 is 2.50 bits per heavy atom. The SMILES string of the molecule is O=C(N/N=C\c1cc(I)c(OCc2ccc(Cl)cc2)c(I)c1)c1cc2cc([N+](=O)[O-])ccc2s1. The second-order valence-corrected chi connectivity index (χ2v) is 10.9. The first-order valence-corrected chi connectivity index (χ1v) is 13.0. The van der Waals surface area contributed by atoms with Crippen LogP contribution in [0, 0.1) is 17.3 Å². The number of nitro groups is 1. The number of benzene rings is 3. The summed E-state index contributed by atoms with van der Waals surface area (Å²) >= 11 is 11.6. The van der Waals surface area contributed by atoms with Crippen molar-refractivity contribution in [2.24, 2.45) is 5.10 Å². The predicted octanol–water partition coefficient (Wildman–Crippen LogP) is 7.02. The summed E-state index contributed by atoms with van der Waals surface area (Å²) in [5.74, 6) is 0.393. The first-order valence-electron chi connectivity index (χ1n) is 9.68. The van der Waals surface area contributed by atoms with Gasteiger partial charge in [-0.15, -0.1) is 11.3 Å². The van der Waals surface area contributed by atoms with Crippen LogP contribution in [0.3, 0.4) is 0 Å². The summed E-state index contributed by atoms with van der Waals surface area (Å²) in [4.78, 5) is 23.4. The number of rotatable bonds is 7. The molecule has 0 aliphatic rings. The fraction of sp³-hybridized carbons (Fsp3) is 0.0435. The molecule has 0 aliphatic heterocycles. The molecule has 3 aromatic carbocycles. The molecule has 11 heteroatoms. The smallest absolute Gasteiger partial charge is 0.281 e. The molecule has 4 rings (SSSR count). The number of nitrogens with one attached hydrogen (secondary N) is 1. The molecule has 1 heterocycles. The minimum absolute atomic E-state index is 0.0138. The zero-order valence-electron chi connectivity index (χ0n) is 17.1. The number of carbonyl (C=O) groups excluding carboxylic acids is 1. The highest BCUT2D eigenvalue weighted by Crippen LogP contribution is 2.30. The average Bonchev–Trinajstić information content (AvgIpc) is 3.23. The van der Waals surface area contributed by atoms with E-state index < -0.39 is 4.92 Å². The lowest BCUT2D eigenvalue weighted by atomic mass is 10.2. The molecule has 1 aromatic heterocycles. The van der Waals surface area contributed by atoms with Gasteiger partial charge >= 0.3 is 0 Å². The summed E-state index contributed by atoms with van der Waals surface area (Å²) in [6.45, 7) is 0.422. The Bertz CT molecular complexity index is 1400. The van der Waals surface area contributed by atoms with Crippen LogP contribution in [-0.4, -0.2) is 17.0 Å². The fourth-order valence-corrected chi connectivity index (χ4v) is 6.19. The third-order valence-electron chi connectivity index (χ3n) is 4.63. The van der Waals surface area contributed by atoms with Crippen LogP contribution in [0.5, 0.6) is 5.75 Å². The molecule has 0 radical (unpaired) electrons. The molecule has 34 heavy (non-hydrogen) atoms. The molecular formula is C23H14ClI2N3O4S. The number of thiophene rings is 1. The predicted molar refractivity (Wildman–Crippen MR) is 151 cm³/mol. The molecule has 4 aromatic rings. The Kier molecular flexibility index (Phi) is 8.01. The molecule has 0 saturated heterocycles. The van der Waals surface area contributed by atoms with Gasteiger partial charge in [0.15, 0.2) is 0 Å². The van der Waals surface area contributed by atoms with Gasteiger partial charge in [-0.25, -0.2) is 5.43 Å². The quantitative estimate of drug-likeness (QED) is 0.0964. The number of ether oxygens (including phenoxy) is 1. The van der Waals surface area contributed by atoms with Crippen molar-refractivity contribution in [1.82, 2.24) is 5.43 Å². The van der Waals surface area contributed by atoms with Crippen molar-refractivity contribution in [2.45, 2.75) is 6.61 Å². The monoisotopic (exact) mass is 717 g/mol. The number of amides is 1. The van der Waals surface area contributed by atoms with E-state index in [1.165, 1.54) is 23.5 Å². The first-order chi connectivity index (χ1) is 16.3. The maximum absolute atomic E-state index is 12.5. The highest BCUT2D eigenvalue weighted by atomic mass is 127. The molecule has 0 unspecified atom stereocenters. The summed E-state index contributed by atoms with van der Waals surface area (Å²) in [5.41, 5.74) is 4.32. The number of nitro benzene ring substituents is 1. The lowest BCUT2D eigenvalue weighted by Gasteiger charge is -2.11. The second-order valence-electron chi connectivity index (χ2n) is 7.02. The van der Waals surface area contributed by atoms with E-state index in [4.69, 9.17) is 16.3 Å². The van der Waals surface area contributed by atoms with Crippen molar-refractivity contribution >= 4 is 96.0 Å². The van der Waals surface area contributed by atoms with E-state index in [1.807, 2.05) is 36.4 Å². The number of hydrogen-bond acceptors (Lipinski definition) is 6. The minimum Gasteiger partial charge on any atom is -0.487 e. The topological polar surface area (TPSA) is 93.8 Å². The van der Waals surface area contributed by atoms with Gasteiger partial charge in [0.1, 0.15) is 12.4 Å². The van der Waals surface area contributed by atoms with E-state index in [0.29, 0.717) is 21.9 Å². The molecule has 0 fully saturated rings. The van der Waals surface area contributed by atoms with Crippen LogP contribution in [0.15, 0.2) is 65.8 Å². The van der Waals surface area contributed by atoms with Gasteiger partial charge in [0, 0.05) is 27.2 Å². The zero-order valence-corrected chi connectivity index (χ0v) is 23.0. The van der Waals surface area contributed by atoms with Gasteiger partial charge in [0.05, 0.1) is 23.2 Å². The van der Waals surface area contributed by atoms with Crippen LogP contribution in [0.2, 0.25) is 5.02 Å². The van der Waals surface area contributed by atoms with Crippen LogP contribution in [0.25, 0.3) is 10.1 Å². The molecule has 1 amide bonds. The molecule has 0 bridgehead atoms. The Balaban J connectivity index is 1.41. The summed E-state index contributed by atoms with van der Waals surface area (Å²) in [6, 6.07) is 17.4. The van der Waals surface area contributed by atoms with Crippen LogP contribution < -0.4 is 10.2 Å². The van der Waals surface area contributed by atoms with Gasteiger partial charge < -0.3 is 4.74 Å². The maximum Gasteiger partial charge on any atom is 0.281 e. The summed E-state index contributed by atoms with van der Waals surface area (Å²) in [7, 11) is 0. The maximum atomic E-state index is 12.5. The number of hydrazone groups is 1. The van der Waals surface area contributed by atoms with Crippen molar-refractivity contribution < 1.29 is 14.5 Å². The number of halogens is 3. The number of fused-ring (bicyclic) bond motifs is 1. The Labute approximate surface area is 230 Å². The van der Waals surface area contributed by atoms with Gasteiger partial charge in [0.2, 0.25) is 0 Å². The van der Waals surface area contributed by atoms with Crippen LogP contribution in [0.1, 0.15) is 20.8 Å². The third-order valence-corrected chi connectivity index (χ3v) is 7.60. The fourth-order valence-electron chi connectivity index (χ4n) is 3.00. The Morgan fingerprint density at radius 2 is 1.82 bits per heavy atom. The third kappa shape index (κ3) is 6.03. The van der Waals surface area contributed by atoms with Gasteiger partial charge in [-0.1, -0.05) is 23.7 Å². The van der Waals surface area contributed by atoms with Crippen LogP contribution in [0.4, 0.5) is 5.69 Å². The van der Waals surface area contributed by atoms with E-state index in [-0.39, 0.29) is 11.6 Å². The zero-order chi connectivity index (χ0) is 24.2. The largest absolute Gasteiger partial charge is 0.487 e. The Morgan fingerprint density at radius 1 is 1.12 bits per heavy atom. The molecular weight excluding hydrogens is 704 g/mol. The van der Waals surface area contributed by atoms with E-state index in [9.17, 15) is 14.9 Å². The summed E-state index contributed by atoms with van der Waals surface area (Å²) < 4.78 is 8.61. The molecule has 0 aliphatic carbocycles. The van der Waals surface area contributed by atoms with Gasteiger partial charge in [0.25, 0.3) is 11.6 Å². The van der Waals surface area contributed by atoms with E-state index in [1.54, 1.807) is 18.3 Å². The van der Waals surface area contributed by atoms with Crippen molar-refractivity contribution in [3.63, 3.8) is 0 Å². The molecule has 1 N–H and O–H groups in total. The molecule has 0 spiro atoms. The summed E-state index contributed by atoms with van der Waals surface area (Å²) in [5, 5.41) is 16.3. The summed E-state index contributed by atoms with van der Waals surface area (Å²) in [6.07, 6.45) is 1.56. The van der Waals surface area contributed by atoms with Crippen molar-refractivity contribution in [3.8, 4) is 5.75 Å². The number of non-ortho nitro benzene ring substituents is 1. The van der Waals surface area contributed by atoms with E-state index in [2.05, 4.69) is 55.7 Å². The minimum atomic E-state index is -0.460. The molecule has 7 nitrogen and oxygen atoms in total. The van der Waals surface area contributed by atoms with Gasteiger partial charge in [-0.05, 0) is 92.7 Å². The number of hydrogen-bond donors (Lipinski definition) is 1. The highest BCUT2D eigenvalue weighted by Gasteiger charge is 2.13. The number of nitrogens with zero attached hydrogens (tertiary/aromatic N) is 2. The Hall–Kier alpha value is -2.29. The lowest BCUT2D eigenvalue weighted by molar-refractivity contribution is -0.384. The van der Waals surface area contributed by atoms with E-state index >= 15 is 0 Å². The molecule has 0 atom stereocenters. The normalized spacial score (nSPS) is 11.1. The van der Waals surface area contributed by atoms with Crippen molar-refractivity contribution in [2.75, 3.05) is 0 Å². The van der Waals surface area contributed by atoms with Crippen molar-refractivity contribution in [3.05, 3.63) is 98.9 Å².